The van der Waals surface area contributed by atoms with Crippen molar-refractivity contribution in [2.45, 2.75) is 58.5 Å². The number of hydrogen-bond donors (Lipinski definition) is 1. The first-order valence-corrected chi connectivity index (χ1v) is 12.9. The lowest BCUT2D eigenvalue weighted by Gasteiger charge is -2.35. The molecule has 3 heterocycles. The highest BCUT2D eigenvalue weighted by molar-refractivity contribution is 5.76. The molecule has 198 valence electrons. The summed E-state index contributed by atoms with van der Waals surface area (Å²) in [7, 11) is 4.17. The van der Waals surface area contributed by atoms with E-state index in [-0.39, 0.29) is 30.6 Å². The summed E-state index contributed by atoms with van der Waals surface area (Å²) in [6.45, 7) is 8.55. The molecule has 36 heavy (non-hydrogen) atoms. The van der Waals surface area contributed by atoms with Crippen LogP contribution in [-0.2, 0) is 29.2 Å². The van der Waals surface area contributed by atoms with Crippen molar-refractivity contribution in [2.75, 3.05) is 51.8 Å². The first kappa shape index (κ1) is 26.4. The molecule has 0 fully saturated rings. The van der Waals surface area contributed by atoms with E-state index < -0.39 is 0 Å². The number of aliphatic hydroxyl groups is 1. The molecule has 2 aromatic rings. The Balaban J connectivity index is 1.49. The van der Waals surface area contributed by atoms with Crippen LogP contribution >= 0.6 is 0 Å². The standard InChI is InChI=1S/C26H40N6O4/c1-19-14-31(20(2)17-33)26(34)6-5-9-32-22(13-27-28-32)18-36-25(19)16-29(3)15-21-7-8-23-24(12-21)35-11-10-30(23)4/h7-8,12-13,19-20,25,33H,5-6,9-11,14-18H2,1-4H3/t19-,20+,25+/m0/s1. The molecule has 0 spiro atoms. The number of hydrogen-bond acceptors (Lipinski definition) is 8. The van der Waals surface area contributed by atoms with Crippen molar-refractivity contribution in [3.63, 3.8) is 0 Å². The number of anilines is 1. The number of aliphatic hydroxyl groups excluding tert-OH is 1. The fourth-order valence-corrected chi connectivity index (χ4v) is 4.93. The molecule has 3 atom stereocenters. The van der Waals surface area contributed by atoms with Gasteiger partial charge in [-0.25, -0.2) is 4.68 Å². The molecule has 0 bridgehead atoms. The average Bonchev–Trinajstić information content (AvgIpc) is 3.31. The van der Waals surface area contributed by atoms with Gasteiger partial charge in [0, 0.05) is 45.6 Å². The maximum absolute atomic E-state index is 13.0. The van der Waals surface area contributed by atoms with Gasteiger partial charge in [0.15, 0.2) is 0 Å². The van der Waals surface area contributed by atoms with Crippen LogP contribution in [0.4, 0.5) is 5.69 Å². The Labute approximate surface area is 213 Å². The summed E-state index contributed by atoms with van der Waals surface area (Å²) in [5.74, 6) is 1.05. The summed E-state index contributed by atoms with van der Waals surface area (Å²) < 4.78 is 14.2. The fraction of sp³-hybridized carbons (Fsp3) is 0.654. The molecular weight excluding hydrogens is 460 g/mol. The second-order valence-electron chi connectivity index (χ2n) is 10.2. The van der Waals surface area contributed by atoms with E-state index in [0.29, 0.717) is 45.7 Å². The Hall–Kier alpha value is -2.69. The number of aromatic nitrogens is 3. The van der Waals surface area contributed by atoms with Crippen LogP contribution in [0.25, 0.3) is 0 Å². The molecule has 0 aliphatic carbocycles. The number of fused-ring (bicyclic) bond motifs is 2. The van der Waals surface area contributed by atoms with Gasteiger partial charge in [0.05, 0.1) is 49.5 Å². The molecule has 0 radical (unpaired) electrons. The Kier molecular flexibility index (Phi) is 8.81. The van der Waals surface area contributed by atoms with Crippen molar-refractivity contribution < 1.29 is 19.4 Å². The van der Waals surface area contributed by atoms with Crippen LogP contribution in [0, 0.1) is 5.92 Å². The van der Waals surface area contributed by atoms with Crippen LogP contribution in [0.15, 0.2) is 24.4 Å². The van der Waals surface area contributed by atoms with Gasteiger partial charge in [-0.1, -0.05) is 18.2 Å². The lowest BCUT2D eigenvalue weighted by molar-refractivity contribution is -0.136. The van der Waals surface area contributed by atoms with Crippen molar-refractivity contribution in [1.29, 1.82) is 0 Å². The number of ether oxygens (including phenoxy) is 2. The molecule has 1 N–H and O–H groups in total. The van der Waals surface area contributed by atoms with E-state index in [2.05, 4.69) is 59.3 Å². The Bertz CT molecular complexity index is 1010. The molecule has 0 unspecified atom stereocenters. The number of carbonyl (C=O) groups is 1. The second-order valence-corrected chi connectivity index (χ2v) is 10.2. The smallest absolute Gasteiger partial charge is 0.222 e. The minimum atomic E-state index is -0.239. The van der Waals surface area contributed by atoms with Crippen LogP contribution in [0.5, 0.6) is 5.75 Å². The molecule has 10 heteroatoms. The molecule has 10 nitrogen and oxygen atoms in total. The van der Waals surface area contributed by atoms with Gasteiger partial charge in [-0.2, -0.15) is 0 Å². The second kappa shape index (κ2) is 12.0. The van der Waals surface area contributed by atoms with E-state index in [4.69, 9.17) is 9.47 Å². The quantitative estimate of drug-likeness (QED) is 0.641. The maximum Gasteiger partial charge on any atom is 0.222 e. The molecule has 2 aliphatic rings. The van der Waals surface area contributed by atoms with E-state index in [9.17, 15) is 9.90 Å². The van der Waals surface area contributed by atoms with Gasteiger partial charge in [-0.15, -0.1) is 5.10 Å². The molecule has 1 amide bonds. The molecule has 1 aromatic heterocycles. The third kappa shape index (κ3) is 6.35. The topological polar surface area (TPSA) is 96.2 Å². The number of aryl methyl sites for hydroxylation is 1. The fourth-order valence-electron chi connectivity index (χ4n) is 4.93. The van der Waals surface area contributed by atoms with E-state index >= 15 is 0 Å². The SMILES string of the molecule is C[C@H](CO)N1C[C@H](C)[C@@H](CN(C)Cc2ccc3c(c2)OCCN3C)OCc2cnnn2CCCC1=O. The number of carbonyl (C=O) groups excluding carboxylic acids is 1. The van der Waals surface area contributed by atoms with Crippen LogP contribution in [0.2, 0.25) is 0 Å². The van der Waals surface area contributed by atoms with Crippen LogP contribution in [-0.4, -0.2) is 94.9 Å². The lowest BCUT2D eigenvalue weighted by Crippen LogP contribution is -2.47. The van der Waals surface area contributed by atoms with Crippen molar-refractivity contribution >= 4 is 11.6 Å². The monoisotopic (exact) mass is 500 g/mol. The molecule has 0 saturated heterocycles. The van der Waals surface area contributed by atoms with E-state index in [1.807, 2.05) is 16.5 Å². The van der Waals surface area contributed by atoms with Crippen LogP contribution in [0.1, 0.15) is 37.9 Å². The number of amides is 1. The first-order valence-electron chi connectivity index (χ1n) is 12.9. The Morgan fingerprint density at radius 1 is 1.31 bits per heavy atom. The average molecular weight is 501 g/mol. The Morgan fingerprint density at radius 3 is 2.94 bits per heavy atom. The van der Waals surface area contributed by atoms with E-state index in [1.54, 1.807) is 6.20 Å². The van der Waals surface area contributed by atoms with E-state index in [0.717, 1.165) is 30.2 Å². The highest BCUT2D eigenvalue weighted by Crippen LogP contribution is 2.31. The number of benzene rings is 1. The van der Waals surface area contributed by atoms with Crippen molar-refractivity contribution in [2.24, 2.45) is 5.92 Å². The van der Waals surface area contributed by atoms with Crippen molar-refractivity contribution in [3.8, 4) is 5.75 Å². The van der Waals surface area contributed by atoms with Crippen LogP contribution in [0.3, 0.4) is 0 Å². The highest BCUT2D eigenvalue weighted by atomic mass is 16.5. The number of likely N-dealkylation sites (N-methyl/N-ethyl adjacent to an activating group) is 2. The summed E-state index contributed by atoms with van der Waals surface area (Å²) in [5, 5.41) is 18.0. The number of nitrogens with zero attached hydrogens (tertiary/aromatic N) is 6. The largest absolute Gasteiger partial charge is 0.490 e. The van der Waals surface area contributed by atoms with Crippen molar-refractivity contribution in [3.05, 3.63) is 35.7 Å². The number of rotatable bonds is 6. The summed E-state index contributed by atoms with van der Waals surface area (Å²) in [5.41, 5.74) is 3.22. The third-order valence-electron chi connectivity index (χ3n) is 7.20. The Morgan fingerprint density at radius 2 is 2.14 bits per heavy atom. The molecular formula is C26H40N6O4. The van der Waals surface area contributed by atoms with Crippen LogP contribution < -0.4 is 9.64 Å². The normalized spacial score (nSPS) is 22.3. The van der Waals surface area contributed by atoms with Gasteiger partial charge < -0.3 is 24.4 Å². The summed E-state index contributed by atoms with van der Waals surface area (Å²) in [6.07, 6.45) is 2.70. The summed E-state index contributed by atoms with van der Waals surface area (Å²) in [6, 6.07) is 6.16. The van der Waals surface area contributed by atoms with Gasteiger partial charge in [0.2, 0.25) is 5.91 Å². The third-order valence-corrected chi connectivity index (χ3v) is 7.20. The van der Waals surface area contributed by atoms with E-state index in [1.165, 1.54) is 5.56 Å². The minimum Gasteiger partial charge on any atom is -0.490 e. The van der Waals surface area contributed by atoms with Gasteiger partial charge in [-0.3, -0.25) is 9.69 Å². The van der Waals surface area contributed by atoms with Crippen molar-refractivity contribution in [1.82, 2.24) is 24.8 Å². The van der Waals surface area contributed by atoms with Gasteiger partial charge in [0.25, 0.3) is 0 Å². The summed E-state index contributed by atoms with van der Waals surface area (Å²) >= 11 is 0. The minimum absolute atomic E-state index is 0.0526. The zero-order valence-electron chi connectivity index (χ0n) is 22.0. The van der Waals surface area contributed by atoms with Gasteiger partial charge in [0.1, 0.15) is 12.4 Å². The predicted molar refractivity (Wildman–Crippen MR) is 137 cm³/mol. The zero-order chi connectivity index (χ0) is 25.7. The predicted octanol–water partition coefficient (Wildman–Crippen LogP) is 1.76. The zero-order valence-corrected chi connectivity index (χ0v) is 22.0. The molecule has 4 rings (SSSR count). The highest BCUT2D eigenvalue weighted by Gasteiger charge is 2.28. The summed E-state index contributed by atoms with van der Waals surface area (Å²) in [4.78, 5) is 19.3. The first-order chi connectivity index (χ1) is 17.4. The van der Waals surface area contributed by atoms with Gasteiger partial charge >= 0.3 is 0 Å². The lowest BCUT2D eigenvalue weighted by atomic mass is 10.0. The molecule has 0 saturated carbocycles. The maximum atomic E-state index is 13.0. The molecule has 1 aromatic carbocycles. The van der Waals surface area contributed by atoms with Gasteiger partial charge in [-0.05, 0) is 38.1 Å². The molecule has 2 aliphatic heterocycles.